The van der Waals surface area contributed by atoms with E-state index in [2.05, 4.69) is 51.9 Å². The van der Waals surface area contributed by atoms with Crippen molar-refractivity contribution in [3.05, 3.63) is 60.0 Å². The predicted molar refractivity (Wildman–Crippen MR) is 162 cm³/mol. The van der Waals surface area contributed by atoms with E-state index in [4.69, 9.17) is 9.72 Å². The van der Waals surface area contributed by atoms with Gasteiger partial charge in [-0.05, 0) is 67.5 Å². The number of nitrogens with one attached hydrogen (secondary N) is 3. The molecule has 5 rings (SSSR count). The second kappa shape index (κ2) is 11.6. The molecule has 2 heterocycles. The van der Waals surface area contributed by atoms with E-state index >= 15 is 0 Å². The number of aryl methyl sites for hydroxylation is 2. The summed E-state index contributed by atoms with van der Waals surface area (Å²) in [6.45, 7) is 11.6. The lowest BCUT2D eigenvalue weighted by Crippen LogP contribution is -2.26. The van der Waals surface area contributed by atoms with Gasteiger partial charge in [0, 0.05) is 42.5 Å². The van der Waals surface area contributed by atoms with Crippen LogP contribution in [0.5, 0.6) is 5.75 Å². The van der Waals surface area contributed by atoms with Gasteiger partial charge in [-0.25, -0.2) is 4.98 Å². The first-order valence-corrected chi connectivity index (χ1v) is 14.0. The highest BCUT2D eigenvalue weighted by Gasteiger charge is 2.24. The van der Waals surface area contributed by atoms with Gasteiger partial charge in [0.2, 0.25) is 5.95 Å². The molecule has 0 bridgehead atoms. The second-order valence-electron chi connectivity index (χ2n) is 11.7. The summed E-state index contributed by atoms with van der Waals surface area (Å²) in [5.74, 6) is 2.54. The Hall–Kier alpha value is -4.47. The summed E-state index contributed by atoms with van der Waals surface area (Å²) < 4.78 is 7.81. The SMILES string of the molecule is CCOc1cc(-c2nncn2C)ccc1Nc1ncc(-c2ccc(C(=O)NC3CC3)c(C)c2)c(NCC(C)(C)C)n1. The molecule has 0 saturated heterocycles. The molecule has 1 amide bonds. The number of rotatable bonds is 10. The fourth-order valence-electron chi connectivity index (χ4n) is 4.42. The number of hydrogen-bond donors (Lipinski definition) is 3. The maximum Gasteiger partial charge on any atom is 0.251 e. The van der Waals surface area contributed by atoms with E-state index in [1.54, 1.807) is 6.33 Å². The van der Waals surface area contributed by atoms with Gasteiger partial charge in [-0.3, -0.25) is 4.79 Å². The number of carbonyl (C=O) groups is 1. The van der Waals surface area contributed by atoms with Gasteiger partial charge in [-0.2, -0.15) is 4.98 Å². The van der Waals surface area contributed by atoms with Crippen LogP contribution in [0, 0.1) is 12.3 Å². The average Bonchev–Trinajstić information content (AvgIpc) is 3.64. The Morgan fingerprint density at radius 2 is 1.90 bits per heavy atom. The van der Waals surface area contributed by atoms with Gasteiger partial charge in [0.15, 0.2) is 5.82 Å². The topological polar surface area (TPSA) is 119 Å². The quantitative estimate of drug-likeness (QED) is 0.227. The largest absolute Gasteiger partial charge is 0.492 e. The highest BCUT2D eigenvalue weighted by molar-refractivity contribution is 5.96. The Bertz CT molecular complexity index is 1550. The van der Waals surface area contributed by atoms with Gasteiger partial charge in [0.05, 0.1) is 12.3 Å². The summed E-state index contributed by atoms with van der Waals surface area (Å²) in [6.07, 6.45) is 5.59. The van der Waals surface area contributed by atoms with E-state index < -0.39 is 0 Å². The Morgan fingerprint density at radius 3 is 2.56 bits per heavy atom. The molecule has 1 aliphatic carbocycles. The first-order chi connectivity index (χ1) is 19.6. The van der Waals surface area contributed by atoms with Crippen molar-refractivity contribution in [1.82, 2.24) is 30.0 Å². The van der Waals surface area contributed by atoms with Crippen molar-refractivity contribution in [2.75, 3.05) is 23.8 Å². The molecule has 0 unspecified atom stereocenters. The fraction of sp³-hybridized carbons (Fsp3) is 0.387. The lowest BCUT2D eigenvalue weighted by molar-refractivity contribution is 0.0950. The number of carbonyl (C=O) groups excluding carboxylic acids is 1. The third-order valence-corrected chi connectivity index (χ3v) is 6.77. The summed E-state index contributed by atoms with van der Waals surface area (Å²) in [4.78, 5) is 22.2. The van der Waals surface area contributed by atoms with Crippen molar-refractivity contribution >= 4 is 23.4 Å². The molecule has 0 spiro atoms. The number of benzene rings is 2. The van der Waals surface area contributed by atoms with Crippen LogP contribution in [0.2, 0.25) is 0 Å². The minimum absolute atomic E-state index is 0.0197. The van der Waals surface area contributed by atoms with Crippen LogP contribution in [0.1, 0.15) is 56.5 Å². The third-order valence-electron chi connectivity index (χ3n) is 6.77. The smallest absolute Gasteiger partial charge is 0.251 e. The standard InChI is InChI=1S/C31H38N8O2/c1-7-41-26-15-21(28-38-34-18-39(28)6)9-13-25(26)36-30-32-16-24(27(37-30)33-17-31(3,4)5)20-8-12-23(19(2)14-20)29(40)35-22-10-11-22/h8-9,12-16,18,22H,7,10-11,17H2,1-6H3,(H,35,40)(H2,32,33,36,37). The molecule has 0 atom stereocenters. The van der Waals surface area contributed by atoms with E-state index in [0.717, 1.165) is 46.6 Å². The van der Waals surface area contributed by atoms with Crippen LogP contribution >= 0.6 is 0 Å². The molecule has 1 fully saturated rings. The van der Waals surface area contributed by atoms with Crippen molar-refractivity contribution in [2.24, 2.45) is 12.5 Å². The van der Waals surface area contributed by atoms with Crippen molar-refractivity contribution in [3.8, 4) is 28.3 Å². The molecule has 1 aliphatic rings. The number of ether oxygens (including phenoxy) is 1. The lowest BCUT2D eigenvalue weighted by Gasteiger charge is -2.21. The summed E-state index contributed by atoms with van der Waals surface area (Å²) >= 11 is 0. The highest BCUT2D eigenvalue weighted by atomic mass is 16.5. The molecule has 3 N–H and O–H groups in total. The molecule has 1 saturated carbocycles. The molecule has 10 heteroatoms. The first-order valence-electron chi connectivity index (χ1n) is 14.0. The normalized spacial score (nSPS) is 13.1. The van der Waals surface area contributed by atoms with Crippen LogP contribution in [0.15, 0.2) is 48.9 Å². The zero-order valence-corrected chi connectivity index (χ0v) is 24.6. The average molecular weight is 555 g/mol. The molecule has 0 radical (unpaired) electrons. The minimum Gasteiger partial charge on any atom is -0.492 e. The Balaban J connectivity index is 1.45. The van der Waals surface area contributed by atoms with Gasteiger partial charge in [-0.1, -0.05) is 32.9 Å². The van der Waals surface area contributed by atoms with Crippen molar-refractivity contribution in [1.29, 1.82) is 0 Å². The molecule has 2 aromatic heterocycles. The second-order valence-corrected chi connectivity index (χ2v) is 11.7. The summed E-state index contributed by atoms with van der Waals surface area (Å²) in [5, 5.41) is 18.1. The molecule has 4 aromatic rings. The van der Waals surface area contributed by atoms with E-state index in [1.165, 1.54) is 0 Å². The van der Waals surface area contributed by atoms with Crippen molar-refractivity contribution < 1.29 is 9.53 Å². The van der Waals surface area contributed by atoms with Gasteiger partial charge in [0.1, 0.15) is 17.9 Å². The van der Waals surface area contributed by atoms with Gasteiger partial charge in [-0.15, -0.1) is 10.2 Å². The van der Waals surface area contributed by atoms with Gasteiger partial charge in [0.25, 0.3) is 5.91 Å². The van der Waals surface area contributed by atoms with E-state index in [-0.39, 0.29) is 11.3 Å². The van der Waals surface area contributed by atoms with Crippen molar-refractivity contribution in [2.45, 2.75) is 53.5 Å². The number of anilines is 3. The lowest BCUT2D eigenvalue weighted by atomic mass is 9.96. The van der Waals surface area contributed by atoms with Crippen molar-refractivity contribution in [3.63, 3.8) is 0 Å². The number of hydrogen-bond acceptors (Lipinski definition) is 8. The van der Waals surface area contributed by atoms with Gasteiger partial charge >= 0.3 is 0 Å². The Morgan fingerprint density at radius 1 is 1.12 bits per heavy atom. The zero-order valence-electron chi connectivity index (χ0n) is 24.6. The molecule has 10 nitrogen and oxygen atoms in total. The maximum absolute atomic E-state index is 12.7. The summed E-state index contributed by atoms with van der Waals surface area (Å²) in [7, 11) is 1.90. The molecule has 0 aliphatic heterocycles. The minimum atomic E-state index is -0.0197. The molecule has 214 valence electrons. The fourth-order valence-corrected chi connectivity index (χ4v) is 4.42. The van der Waals surface area contributed by atoms with Gasteiger partial charge < -0.3 is 25.3 Å². The Labute approximate surface area is 241 Å². The van der Waals surface area contributed by atoms with E-state index in [0.29, 0.717) is 42.3 Å². The molecule has 41 heavy (non-hydrogen) atoms. The Kier molecular flexibility index (Phi) is 7.92. The van der Waals surface area contributed by atoms with E-state index in [1.807, 2.05) is 68.1 Å². The summed E-state index contributed by atoms with van der Waals surface area (Å²) in [5.41, 5.74) is 5.08. The van der Waals surface area contributed by atoms with Crippen LogP contribution in [0.4, 0.5) is 17.5 Å². The highest BCUT2D eigenvalue weighted by Crippen LogP contribution is 2.34. The third kappa shape index (κ3) is 6.82. The van der Waals surface area contributed by atoms with Crippen LogP contribution in [0.3, 0.4) is 0 Å². The van der Waals surface area contributed by atoms with Crippen LogP contribution < -0.4 is 20.7 Å². The van der Waals surface area contributed by atoms with Crippen LogP contribution in [-0.2, 0) is 7.05 Å². The molecule has 2 aromatic carbocycles. The monoisotopic (exact) mass is 554 g/mol. The molecular weight excluding hydrogens is 516 g/mol. The van der Waals surface area contributed by atoms with Crippen LogP contribution in [-0.4, -0.2) is 49.8 Å². The number of nitrogens with zero attached hydrogens (tertiary/aromatic N) is 5. The summed E-state index contributed by atoms with van der Waals surface area (Å²) in [6, 6.07) is 12.0. The maximum atomic E-state index is 12.7. The zero-order chi connectivity index (χ0) is 29.1. The number of amides is 1. The number of aromatic nitrogens is 5. The van der Waals surface area contributed by atoms with Crippen LogP contribution in [0.25, 0.3) is 22.5 Å². The first kappa shape index (κ1) is 28.1. The predicted octanol–water partition coefficient (Wildman–Crippen LogP) is 5.74. The van der Waals surface area contributed by atoms with E-state index in [9.17, 15) is 4.79 Å². The molecular formula is C31H38N8O2.